The first kappa shape index (κ1) is 41.7. The number of anilines is 2. The van der Waals surface area contributed by atoms with E-state index in [2.05, 4.69) is 35.6 Å². The number of piperidine rings is 2. The Morgan fingerprint density at radius 3 is 2.52 bits per heavy atom. The monoisotopic (exact) mass is 856 g/mol. The van der Waals surface area contributed by atoms with E-state index in [1.54, 1.807) is 23.0 Å². The van der Waals surface area contributed by atoms with Crippen molar-refractivity contribution in [2.75, 3.05) is 62.8 Å². The first-order chi connectivity index (χ1) is 30.1. The number of carbonyl (C=O) groups is 5. The molecule has 0 spiro atoms. The van der Waals surface area contributed by atoms with Gasteiger partial charge in [-0.1, -0.05) is 12.1 Å². The summed E-state index contributed by atoms with van der Waals surface area (Å²) >= 11 is 0. The van der Waals surface area contributed by atoms with E-state index in [1.165, 1.54) is 16.9 Å². The Balaban J connectivity index is 0.718. The van der Waals surface area contributed by atoms with Gasteiger partial charge in [0.25, 0.3) is 24.1 Å². The lowest BCUT2D eigenvalue weighted by atomic mass is 9.85. The van der Waals surface area contributed by atoms with Gasteiger partial charge < -0.3 is 24.6 Å². The first-order valence-corrected chi connectivity index (χ1v) is 21.6. The van der Waals surface area contributed by atoms with Gasteiger partial charge in [0.2, 0.25) is 11.8 Å². The maximum Gasteiger partial charge on any atom is 0.284 e. The molecule has 17 nitrogen and oxygen atoms in total. The summed E-state index contributed by atoms with van der Waals surface area (Å²) in [7, 11) is 0. The fourth-order valence-corrected chi connectivity index (χ4v) is 9.55. The molecule has 1 saturated carbocycles. The number of morpholine rings is 1. The minimum absolute atomic E-state index is 0.0190. The largest absolute Gasteiger partial charge is 0.378 e. The highest BCUT2D eigenvalue weighted by Crippen LogP contribution is 2.36. The van der Waals surface area contributed by atoms with Crippen LogP contribution in [-0.2, 0) is 25.5 Å². The number of nitrogens with zero attached hydrogens (tertiary/aromatic N) is 8. The van der Waals surface area contributed by atoms with Crippen LogP contribution in [0.1, 0.15) is 113 Å². The van der Waals surface area contributed by atoms with E-state index in [9.17, 15) is 32.8 Å². The third-order valence-corrected chi connectivity index (χ3v) is 12.9. The van der Waals surface area contributed by atoms with Crippen LogP contribution in [0.4, 0.5) is 20.3 Å². The van der Waals surface area contributed by atoms with E-state index in [0.29, 0.717) is 68.7 Å². The lowest BCUT2D eigenvalue weighted by Crippen LogP contribution is -2.54. The molecular formula is C43H50F2N10O7. The molecule has 4 aromatic rings. The second-order valence-corrected chi connectivity index (χ2v) is 16.8. The number of hydrogen-bond donors (Lipinski definition) is 2. The van der Waals surface area contributed by atoms with Crippen LogP contribution in [-0.4, -0.2) is 128 Å². The van der Waals surface area contributed by atoms with Crippen molar-refractivity contribution >= 4 is 46.7 Å². The maximum atomic E-state index is 14.2. The third kappa shape index (κ3) is 8.57. The van der Waals surface area contributed by atoms with Crippen molar-refractivity contribution < 1.29 is 42.2 Å². The Labute approximate surface area is 356 Å². The summed E-state index contributed by atoms with van der Waals surface area (Å²) in [5.74, 6) is -1.45. The molecule has 3 saturated heterocycles. The Hall–Kier alpha value is -5.66. The van der Waals surface area contributed by atoms with Crippen molar-refractivity contribution in [1.29, 1.82) is 0 Å². The molecular weight excluding hydrogens is 807 g/mol. The molecule has 1 unspecified atom stereocenters. The molecule has 1 aromatic carbocycles. The van der Waals surface area contributed by atoms with Gasteiger partial charge in [-0.05, 0) is 81.4 Å². The molecule has 1 atom stereocenters. The van der Waals surface area contributed by atoms with Crippen molar-refractivity contribution in [3.63, 3.8) is 0 Å². The van der Waals surface area contributed by atoms with E-state index in [0.717, 1.165) is 68.6 Å². The van der Waals surface area contributed by atoms with Crippen molar-refractivity contribution in [3.8, 4) is 0 Å². The van der Waals surface area contributed by atoms with Crippen LogP contribution < -0.4 is 15.5 Å². The second-order valence-electron chi connectivity index (χ2n) is 16.8. The van der Waals surface area contributed by atoms with Crippen molar-refractivity contribution in [2.24, 2.45) is 5.92 Å². The summed E-state index contributed by atoms with van der Waals surface area (Å²) in [6.45, 7) is 5.81. The summed E-state index contributed by atoms with van der Waals surface area (Å²) in [5, 5.41) is 13.4. The number of amides is 5. The van der Waals surface area contributed by atoms with Gasteiger partial charge in [-0.3, -0.25) is 38.9 Å². The number of carbonyl (C=O) groups excluding carboxylic acids is 5. The fraction of sp³-hybridized carbons (Fsp3) is 0.535. The summed E-state index contributed by atoms with van der Waals surface area (Å²) in [6.07, 6.45) is 8.58. The number of hydrogen-bond acceptors (Lipinski definition) is 12. The number of aromatic nitrogens is 5. The molecule has 0 bridgehead atoms. The Kier molecular flexibility index (Phi) is 12.1. The molecule has 0 radical (unpaired) electrons. The number of imide groups is 2. The first-order valence-electron chi connectivity index (χ1n) is 21.6. The molecule has 5 aliphatic rings. The minimum atomic E-state index is -2.87. The van der Waals surface area contributed by atoms with E-state index in [1.807, 2.05) is 12.1 Å². The van der Waals surface area contributed by atoms with Crippen molar-refractivity contribution in [3.05, 3.63) is 70.8 Å². The molecule has 5 amide bonds. The quantitative estimate of drug-likeness (QED) is 0.145. The number of aryl methyl sites for hydroxylation is 1. The minimum Gasteiger partial charge on any atom is -0.378 e. The lowest BCUT2D eigenvalue weighted by Gasteiger charge is -2.36. The number of benzene rings is 1. The predicted molar refractivity (Wildman–Crippen MR) is 219 cm³/mol. The van der Waals surface area contributed by atoms with E-state index in [4.69, 9.17) is 9.47 Å². The van der Waals surface area contributed by atoms with Crippen molar-refractivity contribution in [2.45, 2.75) is 88.8 Å². The van der Waals surface area contributed by atoms with Crippen molar-refractivity contribution in [1.82, 2.24) is 39.5 Å². The maximum absolute atomic E-state index is 14.2. The number of ether oxygens (including phenoxy) is 2. The van der Waals surface area contributed by atoms with Gasteiger partial charge in [-0.15, -0.1) is 0 Å². The van der Waals surface area contributed by atoms with E-state index < -0.39 is 47.7 Å². The van der Waals surface area contributed by atoms with Crippen LogP contribution >= 0.6 is 0 Å². The van der Waals surface area contributed by atoms with E-state index >= 15 is 0 Å². The standard InChI is InChI=1S/C43H50F2N10O7/c44-38(45)37-32(47-40(57)31-23-46-53-17-14-34(48-39(31)53)52-18-21-61-22-19-52)25-54(50-37)28-8-6-26(7-9-28)24-51-15-12-29(13-16-51)62-20-2-4-27-3-1-5-30-36(27)43(60)55(42(30)59)33-10-11-35(56)49-41(33)58/h1,3,5,14,17,23,25-26,28-29,33,38H,2,4,6-13,15-16,18-22,24H2,(H,47,57)(H,49,56,58)/t26-,28-,33?. The summed E-state index contributed by atoms with van der Waals surface area (Å²) in [5.41, 5.74) is 1.39. The average molecular weight is 857 g/mol. The molecule has 2 N–H and O–H groups in total. The highest BCUT2D eigenvalue weighted by molar-refractivity contribution is 6.24. The zero-order chi connectivity index (χ0) is 42.9. The van der Waals surface area contributed by atoms with Gasteiger partial charge in [0, 0.05) is 58.1 Å². The number of likely N-dealkylation sites (tertiary alicyclic amines) is 1. The number of nitrogens with one attached hydrogen (secondary N) is 2. The van der Waals surface area contributed by atoms with Gasteiger partial charge >= 0.3 is 0 Å². The fourth-order valence-electron chi connectivity index (χ4n) is 9.55. The van der Waals surface area contributed by atoms with Crippen LogP contribution in [0.2, 0.25) is 0 Å². The molecule has 19 heteroatoms. The van der Waals surface area contributed by atoms with E-state index in [-0.39, 0.29) is 41.8 Å². The van der Waals surface area contributed by atoms with Gasteiger partial charge in [-0.2, -0.15) is 10.2 Å². The highest BCUT2D eigenvalue weighted by Gasteiger charge is 2.45. The Morgan fingerprint density at radius 2 is 1.76 bits per heavy atom. The number of alkyl halides is 2. The topological polar surface area (TPSA) is 186 Å². The lowest BCUT2D eigenvalue weighted by molar-refractivity contribution is -0.136. The van der Waals surface area contributed by atoms with Crippen LogP contribution in [0.25, 0.3) is 5.65 Å². The molecule has 3 aromatic heterocycles. The smallest absolute Gasteiger partial charge is 0.284 e. The molecule has 4 aliphatic heterocycles. The Bertz CT molecular complexity index is 2350. The number of rotatable bonds is 13. The Morgan fingerprint density at radius 1 is 0.968 bits per heavy atom. The van der Waals surface area contributed by atoms with Crippen LogP contribution in [0.3, 0.4) is 0 Å². The molecule has 62 heavy (non-hydrogen) atoms. The summed E-state index contributed by atoms with van der Waals surface area (Å²) < 4.78 is 43.3. The van der Waals surface area contributed by atoms with Crippen LogP contribution in [0.5, 0.6) is 0 Å². The molecule has 1 aliphatic carbocycles. The predicted octanol–water partition coefficient (Wildman–Crippen LogP) is 4.20. The van der Waals surface area contributed by atoms with Gasteiger partial charge in [0.15, 0.2) is 11.3 Å². The van der Waals surface area contributed by atoms with Crippen LogP contribution in [0.15, 0.2) is 42.9 Å². The number of halogens is 2. The average Bonchev–Trinajstić information content (AvgIpc) is 3.98. The summed E-state index contributed by atoms with van der Waals surface area (Å²) in [6, 6.07) is 5.97. The SMILES string of the molecule is O=C1CCC(N2C(=O)c3cccc(CCCOC4CCN(C[C@H]5CC[C@H](n6cc(NC(=O)c7cnn8ccc(N9CCOCC9)nc78)c(C(F)F)n6)CC5)CC4)c3C2=O)C(=O)N1. The third-order valence-electron chi connectivity index (χ3n) is 12.9. The molecule has 4 fully saturated rings. The molecule has 328 valence electrons. The van der Waals surface area contributed by atoms with Crippen LogP contribution in [0, 0.1) is 5.92 Å². The highest BCUT2D eigenvalue weighted by atomic mass is 19.3. The molecule has 9 rings (SSSR count). The van der Waals surface area contributed by atoms with Gasteiger partial charge in [0.1, 0.15) is 17.4 Å². The normalized spacial score (nSPS) is 22.8. The zero-order valence-electron chi connectivity index (χ0n) is 34.3. The number of fused-ring (bicyclic) bond motifs is 2. The van der Waals surface area contributed by atoms with Gasteiger partial charge in [-0.25, -0.2) is 18.3 Å². The second kappa shape index (κ2) is 18.0. The van der Waals surface area contributed by atoms with Gasteiger partial charge in [0.05, 0.1) is 48.4 Å². The summed E-state index contributed by atoms with van der Waals surface area (Å²) in [4.78, 5) is 74.3. The zero-order valence-corrected chi connectivity index (χ0v) is 34.3. The molecule has 7 heterocycles.